The Morgan fingerprint density at radius 1 is 1.29 bits per heavy atom. The molecule has 112 valence electrons. The maximum atomic E-state index is 12.0. The number of rotatable bonds is 8. The lowest BCUT2D eigenvalue weighted by Gasteiger charge is -2.19. The van der Waals surface area contributed by atoms with Crippen molar-refractivity contribution in [1.82, 2.24) is 0 Å². The molecule has 1 aromatic rings. The van der Waals surface area contributed by atoms with Crippen LogP contribution in [0.1, 0.15) is 18.4 Å². The molecule has 0 bridgehead atoms. The Morgan fingerprint density at radius 2 is 1.90 bits per heavy atom. The molecule has 21 heavy (non-hydrogen) atoms. The number of nitrogens with zero attached hydrogens (tertiary/aromatic N) is 1. The lowest BCUT2D eigenvalue weighted by molar-refractivity contribution is -0.551. The molecule has 2 N–H and O–H groups in total. The first-order valence-electron chi connectivity index (χ1n) is 6.04. The van der Waals surface area contributed by atoms with E-state index in [4.69, 9.17) is 5.73 Å². The van der Waals surface area contributed by atoms with Gasteiger partial charge in [0, 0.05) is 6.42 Å². The Bertz CT molecular complexity index is 545. The number of nitrogens with two attached hydrogens (primary N) is 1. The Hall–Kier alpha value is -2.61. The second kappa shape index (κ2) is 7.25. The maximum absolute atomic E-state index is 12.0. The number of carbonyl (C=O) groups is 3. The SMILES string of the molecule is NC(Cc1ccccc1)(C(=O)CCC(=O)OC=O)[N+](=O)[O-]. The van der Waals surface area contributed by atoms with E-state index in [0.29, 0.717) is 5.56 Å². The summed E-state index contributed by atoms with van der Waals surface area (Å²) in [7, 11) is 0. The number of benzene rings is 1. The summed E-state index contributed by atoms with van der Waals surface area (Å²) in [5, 5.41) is 11.1. The van der Waals surface area contributed by atoms with Crippen LogP contribution in [0.2, 0.25) is 0 Å². The van der Waals surface area contributed by atoms with E-state index in [1.165, 1.54) is 0 Å². The molecule has 0 saturated heterocycles. The highest BCUT2D eigenvalue weighted by molar-refractivity contribution is 5.90. The molecule has 0 fully saturated rings. The van der Waals surface area contributed by atoms with E-state index >= 15 is 0 Å². The first-order valence-corrected chi connectivity index (χ1v) is 6.04. The number of ketones is 1. The molecule has 1 rings (SSSR count). The highest BCUT2D eigenvalue weighted by Gasteiger charge is 2.46. The van der Waals surface area contributed by atoms with E-state index in [0.717, 1.165) is 0 Å². The van der Waals surface area contributed by atoms with Crippen LogP contribution in [0.25, 0.3) is 0 Å². The Morgan fingerprint density at radius 3 is 2.43 bits per heavy atom. The van der Waals surface area contributed by atoms with Gasteiger partial charge in [0.15, 0.2) is 0 Å². The number of hydrogen-bond acceptors (Lipinski definition) is 7. The molecule has 1 aromatic carbocycles. The average Bonchev–Trinajstić information content (AvgIpc) is 2.45. The van der Waals surface area contributed by atoms with E-state index in [9.17, 15) is 24.5 Å². The van der Waals surface area contributed by atoms with Gasteiger partial charge in [-0.15, -0.1) is 0 Å². The third-order valence-corrected chi connectivity index (χ3v) is 2.86. The minimum absolute atomic E-state index is 0.0695. The van der Waals surface area contributed by atoms with Gasteiger partial charge in [-0.3, -0.25) is 30.2 Å². The van der Waals surface area contributed by atoms with Crippen molar-refractivity contribution in [3.8, 4) is 0 Å². The summed E-state index contributed by atoms with van der Waals surface area (Å²) in [6.07, 6.45) is -1.21. The quantitative estimate of drug-likeness (QED) is 0.181. The van der Waals surface area contributed by atoms with E-state index in [2.05, 4.69) is 4.74 Å². The van der Waals surface area contributed by atoms with Crippen LogP contribution in [0.5, 0.6) is 0 Å². The molecule has 0 aliphatic rings. The summed E-state index contributed by atoms with van der Waals surface area (Å²) in [4.78, 5) is 43.1. The van der Waals surface area contributed by atoms with Crippen molar-refractivity contribution in [2.45, 2.75) is 24.9 Å². The van der Waals surface area contributed by atoms with Crippen LogP contribution < -0.4 is 5.73 Å². The predicted molar refractivity (Wildman–Crippen MR) is 70.5 cm³/mol. The Labute approximate surface area is 120 Å². The van der Waals surface area contributed by atoms with Crippen molar-refractivity contribution >= 4 is 18.2 Å². The zero-order chi connectivity index (χ0) is 15.9. The van der Waals surface area contributed by atoms with Crippen LogP contribution in [0, 0.1) is 10.1 Å². The molecule has 0 amide bonds. The lowest BCUT2D eigenvalue weighted by atomic mass is 9.94. The fourth-order valence-electron chi connectivity index (χ4n) is 1.72. The first kappa shape index (κ1) is 16.4. The summed E-state index contributed by atoms with van der Waals surface area (Å²) >= 11 is 0. The normalized spacial score (nSPS) is 13.0. The Kier molecular flexibility index (Phi) is 5.67. The third-order valence-electron chi connectivity index (χ3n) is 2.86. The van der Waals surface area contributed by atoms with Crippen molar-refractivity contribution in [1.29, 1.82) is 0 Å². The van der Waals surface area contributed by atoms with E-state index in [1.54, 1.807) is 30.3 Å². The third kappa shape index (κ3) is 4.46. The van der Waals surface area contributed by atoms with Gasteiger partial charge >= 0.3 is 18.1 Å². The molecule has 8 nitrogen and oxygen atoms in total. The molecule has 1 unspecified atom stereocenters. The largest absolute Gasteiger partial charge is 0.395 e. The molecule has 0 aromatic heterocycles. The minimum atomic E-state index is -2.32. The standard InChI is InChI=1S/C13H14N2O6/c14-13(15(19)20,8-10-4-2-1-3-5-10)11(17)6-7-12(18)21-9-16/h1-5,9H,6-8,14H2. The fourth-order valence-corrected chi connectivity index (χ4v) is 1.72. The topological polar surface area (TPSA) is 130 Å². The summed E-state index contributed by atoms with van der Waals surface area (Å²) in [6, 6.07) is 8.28. The second-order valence-electron chi connectivity index (χ2n) is 4.35. The van der Waals surface area contributed by atoms with Crippen molar-refractivity contribution in [3.63, 3.8) is 0 Å². The van der Waals surface area contributed by atoms with Crippen LogP contribution in [0.3, 0.4) is 0 Å². The van der Waals surface area contributed by atoms with Crippen LogP contribution in [0.4, 0.5) is 0 Å². The molecular formula is C13H14N2O6. The molecule has 0 saturated carbocycles. The van der Waals surface area contributed by atoms with Gasteiger partial charge in [0.2, 0.25) is 5.78 Å². The van der Waals surface area contributed by atoms with E-state index < -0.39 is 35.2 Å². The number of Topliss-reactive ketones (excluding diaryl/α,β-unsaturated/α-hetero) is 1. The smallest absolute Gasteiger partial charge is 0.334 e. The lowest BCUT2D eigenvalue weighted by Crippen LogP contribution is -2.56. The van der Waals surface area contributed by atoms with E-state index in [-0.39, 0.29) is 12.9 Å². The maximum Gasteiger partial charge on any atom is 0.334 e. The zero-order valence-electron chi connectivity index (χ0n) is 11.1. The summed E-state index contributed by atoms with van der Waals surface area (Å²) < 4.78 is 4.00. The van der Waals surface area contributed by atoms with E-state index in [1.807, 2.05) is 0 Å². The summed E-state index contributed by atoms with van der Waals surface area (Å²) in [6.45, 7) is -0.0695. The molecule has 0 heterocycles. The average molecular weight is 294 g/mol. The molecule has 0 radical (unpaired) electrons. The predicted octanol–water partition coefficient (Wildman–Crippen LogP) is 0.210. The van der Waals surface area contributed by atoms with Crippen molar-refractivity contribution < 1.29 is 24.0 Å². The monoisotopic (exact) mass is 294 g/mol. The number of ether oxygens (including phenoxy) is 1. The van der Waals surface area contributed by atoms with Crippen molar-refractivity contribution in [2.75, 3.05) is 0 Å². The van der Waals surface area contributed by atoms with Gasteiger partial charge in [0.25, 0.3) is 0 Å². The highest BCUT2D eigenvalue weighted by atomic mass is 16.6. The van der Waals surface area contributed by atoms with Gasteiger partial charge in [-0.05, 0) is 5.56 Å². The number of hydrogen-bond donors (Lipinski definition) is 1. The number of esters is 1. The molecule has 0 aliphatic heterocycles. The molecule has 1 atom stereocenters. The van der Waals surface area contributed by atoms with Crippen LogP contribution in [0.15, 0.2) is 30.3 Å². The van der Waals surface area contributed by atoms with Crippen molar-refractivity contribution in [3.05, 3.63) is 46.0 Å². The number of carbonyl (C=O) groups excluding carboxylic acids is 3. The van der Waals surface area contributed by atoms with Gasteiger partial charge < -0.3 is 4.74 Å². The molecule has 8 heteroatoms. The summed E-state index contributed by atoms with van der Waals surface area (Å²) in [5.74, 6) is -1.84. The minimum Gasteiger partial charge on any atom is -0.395 e. The Balaban J connectivity index is 2.79. The van der Waals surface area contributed by atoms with Gasteiger partial charge in [-0.2, -0.15) is 0 Å². The molecule has 0 aliphatic carbocycles. The summed E-state index contributed by atoms with van der Waals surface area (Å²) in [5.41, 5.74) is 3.82. The van der Waals surface area contributed by atoms with Gasteiger partial charge in [-0.1, -0.05) is 30.3 Å². The van der Waals surface area contributed by atoms with Crippen LogP contribution in [-0.2, 0) is 25.5 Å². The van der Waals surface area contributed by atoms with Crippen molar-refractivity contribution in [2.24, 2.45) is 5.73 Å². The molecular weight excluding hydrogens is 280 g/mol. The van der Waals surface area contributed by atoms with Crippen LogP contribution >= 0.6 is 0 Å². The van der Waals surface area contributed by atoms with Crippen LogP contribution in [-0.4, -0.2) is 28.8 Å². The van der Waals surface area contributed by atoms with Gasteiger partial charge in [0.1, 0.15) is 0 Å². The van der Waals surface area contributed by atoms with Gasteiger partial charge in [-0.25, -0.2) is 0 Å². The highest BCUT2D eigenvalue weighted by Crippen LogP contribution is 2.16. The second-order valence-corrected chi connectivity index (χ2v) is 4.35. The van der Waals surface area contributed by atoms with Gasteiger partial charge in [0.05, 0.1) is 17.8 Å². The zero-order valence-corrected chi connectivity index (χ0v) is 11.1. The first-order chi connectivity index (χ1) is 9.90. The fraction of sp³-hybridized carbons (Fsp3) is 0.308. The molecule has 0 spiro atoms. The number of nitro groups is 1.